The molecule has 0 bridgehead atoms. The fraction of sp³-hybridized carbons (Fsp3) is 0.308. The molecule has 19 heavy (non-hydrogen) atoms. The monoisotopic (exact) mass is 261 g/mol. The minimum absolute atomic E-state index is 0.0384. The van der Waals surface area contributed by atoms with E-state index in [9.17, 15) is 14.4 Å². The molecule has 0 unspecified atom stereocenters. The number of fused-ring (bicyclic) bond motifs is 1. The second kappa shape index (κ2) is 5.09. The molecule has 0 saturated heterocycles. The first kappa shape index (κ1) is 13.1. The quantitative estimate of drug-likeness (QED) is 0.822. The average molecular weight is 261 g/mol. The van der Waals surface area contributed by atoms with E-state index in [2.05, 4.69) is 5.32 Å². The molecule has 0 fully saturated rings. The van der Waals surface area contributed by atoms with Gasteiger partial charge in [0.1, 0.15) is 13.1 Å². The van der Waals surface area contributed by atoms with Crippen molar-refractivity contribution in [1.82, 2.24) is 5.32 Å². The molecule has 0 spiro atoms. The molecule has 1 aromatic rings. The van der Waals surface area contributed by atoms with Crippen LogP contribution in [0.2, 0.25) is 0 Å². The molecule has 1 aliphatic heterocycles. The molecule has 1 aromatic carbocycles. The van der Waals surface area contributed by atoms with Gasteiger partial charge in [-0.3, -0.25) is 19.3 Å². The van der Waals surface area contributed by atoms with Crippen LogP contribution in [0.4, 0.5) is 11.4 Å². The van der Waals surface area contributed by atoms with Crippen LogP contribution < -0.4 is 15.1 Å². The number of para-hydroxylation sites is 2. The molecule has 0 aliphatic carbocycles. The van der Waals surface area contributed by atoms with Gasteiger partial charge in [-0.25, -0.2) is 0 Å². The summed E-state index contributed by atoms with van der Waals surface area (Å²) in [4.78, 5) is 37.9. The Morgan fingerprint density at radius 2 is 1.89 bits per heavy atom. The van der Waals surface area contributed by atoms with Gasteiger partial charge in [0.05, 0.1) is 11.4 Å². The van der Waals surface area contributed by atoms with E-state index < -0.39 is 0 Å². The number of likely N-dealkylation sites (N-methyl/N-ethyl adjacent to an activating group) is 1. The number of rotatable bonds is 2. The van der Waals surface area contributed by atoms with Gasteiger partial charge in [0, 0.05) is 14.0 Å². The highest BCUT2D eigenvalue weighted by Gasteiger charge is 2.31. The molecule has 100 valence electrons. The van der Waals surface area contributed by atoms with E-state index in [1.807, 2.05) is 0 Å². The number of amides is 3. The number of carbonyl (C=O) groups excluding carboxylic acids is 3. The Morgan fingerprint density at radius 3 is 2.47 bits per heavy atom. The molecule has 1 N–H and O–H groups in total. The lowest BCUT2D eigenvalue weighted by molar-refractivity contribution is -0.124. The SMILES string of the molecule is CNC(=O)CN1C(=O)CN(C(C)=O)c2ccccc21. The van der Waals surface area contributed by atoms with Crippen molar-refractivity contribution in [1.29, 1.82) is 0 Å². The molecular formula is C13H15N3O3. The van der Waals surface area contributed by atoms with Crippen molar-refractivity contribution in [2.75, 3.05) is 29.9 Å². The molecule has 3 amide bonds. The predicted octanol–water partition coefficient (Wildman–Crippen LogP) is 0.132. The number of carbonyl (C=O) groups is 3. The average Bonchev–Trinajstić information content (AvgIpc) is 2.41. The van der Waals surface area contributed by atoms with Gasteiger partial charge in [-0.2, -0.15) is 0 Å². The fourth-order valence-electron chi connectivity index (χ4n) is 2.04. The lowest BCUT2D eigenvalue weighted by atomic mass is 10.1. The van der Waals surface area contributed by atoms with Gasteiger partial charge >= 0.3 is 0 Å². The molecule has 1 aliphatic rings. The van der Waals surface area contributed by atoms with E-state index in [-0.39, 0.29) is 30.8 Å². The van der Waals surface area contributed by atoms with Crippen molar-refractivity contribution in [3.8, 4) is 0 Å². The van der Waals surface area contributed by atoms with Gasteiger partial charge in [0.25, 0.3) is 0 Å². The largest absolute Gasteiger partial charge is 0.358 e. The lowest BCUT2D eigenvalue weighted by Crippen LogP contribution is -2.50. The summed E-state index contributed by atoms with van der Waals surface area (Å²) in [6, 6.07) is 7.06. The smallest absolute Gasteiger partial charge is 0.247 e. The van der Waals surface area contributed by atoms with Gasteiger partial charge in [0.2, 0.25) is 17.7 Å². The minimum Gasteiger partial charge on any atom is -0.358 e. The van der Waals surface area contributed by atoms with E-state index in [0.29, 0.717) is 11.4 Å². The third-order valence-corrected chi connectivity index (χ3v) is 3.02. The molecule has 6 heteroatoms. The van der Waals surface area contributed by atoms with Crippen LogP contribution in [-0.2, 0) is 14.4 Å². The van der Waals surface area contributed by atoms with Crippen LogP contribution in [0.25, 0.3) is 0 Å². The Labute approximate surface area is 111 Å². The summed E-state index contributed by atoms with van der Waals surface area (Å²) in [6.07, 6.45) is 0. The summed E-state index contributed by atoms with van der Waals surface area (Å²) in [5.41, 5.74) is 1.23. The third kappa shape index (κ3) is 2.42. The zero-order valence-corrected chi connectivity index (χ0v) is 10.8. The molecule has 1 heterocycles. The Morgan fingerprint density at radius 1 is 1.26 bits per heavy atom. The van der Waals surface area contributed by atoms with Crippen molar-refractivity contribution in [2.45, 2.75) is 6.92 Å². The van der Waals surface area contributed by atoms with Crippen molar-refractivity contribution in [2.24, 2.45) is 0 Å². The Bertz CT molecular complexity index is 542. The zero-order chi connectivity index (χ0) is 14.0. The predicted molar refractivity (Wildman–Crippen MR) is 70.9 cm³/mol. The highest BCUT2D eigenvalue weighted by Crippen LogP contribution is 2.33. The fourth-order valence-corrected chi connectivity index (χ4v) is 2.04. The van der Waals surface area contributed by atoms with Crippen LogP contribution in [0.5, 0.6) is 0 Å². The number of anilines is 2. The zero-order valence-electron chi connectivity index (χ0n) is 10.8. The normalized spacial score (nSPS) is 14.1. The number of nitrogens with zero attached hydrogens (tertiary/aromatic N) is 2. The van der Waals surface area contributed by atoms with Crippen molar-refractivity contribution < 1.29 is 14.4 Å². The van der Waals surface area contributed by atoms with Crippen molar-refractivity contribution in [3.63, 3.8) is 0 Å². The standard InChI is InChI=1S/C13H15N3O3/c1-9(17)15-8-13(19)16(7-12(18)14-2)11-6-4-3-5-10(11)15/h3-6H,7-8H2,1-2H3,(H,14,18). The molecule has 0 atom stereocenters. The maximum absolute atomic E-state index is 12.1. The van der Waals surface area contributed by atoms with E-state index >= 15 is 0 Å². The first-order valence-electron chi connectivity index (χ1n) is 5.92. The molecule has 6 nitrogen and oxygen atoms in total. The van der Waals surface area contributed by atoms with Crippen LogP contribution in [0.3, 0.4) is 0 Å². The topological polar surface area (TPSA) is 69.7 Å². The van der Waals surface area contributed by atoms with E-state index in [1.165, 1.54) is 23.8 Å². The highest BCUT2D eigenvalue weighted by molar-refractivity contribution is 6.12. The Balaban J connectivity index is 2.42. The second-order valence-electron chi connectivity index (χ2n) is 4.25. The number of hydrogen-bond acceptors (Lipinski definition) is 3. The maximum Gasteiger partial charge on any atom is 0.247 e. The van der Waals surface area contributed by atoms with Crippen molar-refractivity contribution >= 4 is 29.1 Å². The third-order valence-electron chi connectivity index (χ3n) is 3.02. The highest BCUT2D eigenvalue weighted by atomic mass is 16.2. The van der Waals surface area contributed by atoms with E-state index in [4.69, 9.17) is 0 Å². The van der Waals surface area contributed by atoms with Crippen LogP contribution >= 0.6 is 0 Å². The van der Waals surface area contributed by atoms with Gasteiger partial charge in [-0.1, -0.05) is 12.1 Å². The van der Waals surface area contributed by atoms with Crippen LogP contribution in [-0.4, -0.2) is 37.9 Å². The summed E-state index contributed by atoms with van der Waals surface area (Å²) in [6.45, 7) is 1.33. The molecule has 0 radical (unpaired) electrons. The van der Waals surface area contributed by atoms with Gasteiger partial charge in [-0.15, -0.1) is 0 Å². The van der Waals surface area contributed by atoms with E-state index in [0.717, 1.165) is 0 Å². The summed E-state index contributed by atoms with van der Waals surface area (Å²) >= 11 is 0. The molecule has 0 aromatic heterocycles. The van der Waals surface area contributed by atoms with E-state index in [1.54, 1.807) is 24.3 Å². The van der Waals surface area contributed by atoms with Crippen LogP contribution in [0.1, 0.15) is 6.92 Å². The molecule has 0 saturated carbocycles. The number of benzene rings is 1. The minimum atomic E-state index is -0.266. The molecular weight excluding hydrogens is 246 g/mol. The number of hydrogen-bond donors (Lipinski definition) is 1. The Kier molecular flexibility index (Phi) is 3.50. The second-order valence-corrected chi connectivity index (χ2v) is 4.25. The summed E-state index contributed by atoms with van der Waals surface area (Å²) in [5.74, 6) is -0.711. The molecule has 2 rings (SSSR count). The summed E-state index contributed by atoms with van der Waals surface area (Å²) < 4.78 is 0. The summed E-state index contributed by atoms with van der Waals surface area (Å²) in [7, 11) is 1.52. The van der Waals surface area contributed by atoms with Crippen molar-refractivity contribution in [3.05, 3.63) is 24.3 Å². The number of nitrogens with one attached hydrogen (secondary N) is 1. The lowest BCUT2D eigenvalue weighted by Gasteiger charge is -2.35. The van der Waals surface area contributed by atoms with Gasteiger partial charge in [-0.05, 0) is 12.1 Å². The van der Waals surface area contributed by atoms with Gasteiger partial charge < -0.3 is 10.2 Å². The van der Waals surface area contributed by atoms with Crippen LogP contribution in [0.15, 0.2) is 24.3 Å². The van der Waals surface area contributed by atoms with Gasteiger partial charge in [0.15, 0.2) is 0 Å². The Hall–Kier alpha value is -2.37. The maximum atomic E-state index is 12.1. The first-order chi connectivity index (χ1) is 9.04. The summed E-state index contributed by atoms with van der Waals surface area (Å²) in [5, 5.41) is 2.48. The first-order valence-corrected chi connectivity index (χ1v) is 5.92. The van der Waals surface area contributed by atoms with Crippen LogP contribution in [0, 0.1) is 0 Å².